The van der Waals surface area contributed by atoms with E-state index >= 15 is 0 Å². The topological polar surface area (TPSA) is 84.9 Å². The van der Waals surface area contributed by atoms with Crippen LogP contribution in [0.15, 0.2) is 52.4 Å². The molecule has 2 aromatic rings. The highest BCUT2D eigenvalue weighted by molar-refractivity contribution is 9.10. The summed E-state index contributed by atoms with van der Waals surface area (Å²) in [6.45, 7) is 9.79. The van der Waals surface area contributed by atoms with Crippen molar-refractivity contribution in [2.24, 2.45) is 0 Å². The van der Waals surface area contributed by atoms with E-state index in [0.717, 1.165) is 27.8 Å². The SMILES string of the molecule is C=CCOc1cc(Br)c(/C=C2/SC(=O)N(CC(=O)Nc3ccc(C)c(C)c3)C2=O)cc1OCC. The largest absolute Gasteiger partial charge is 0.490 e. The summed E-state index contributed by atoms with van der Waals surface area (Å²) in [7, 11) is 0. The first kappa shape index (κ1) is 25.6. The van der Waals surface area contributed by atoms with Crippen molar-refractivity contribution >= 4 is 56.5 Å². The van der Waals surface area contributed by atoms with E-state index in [2.05, 4.69) is 27.8 Å². The number of aryl methyl sites for hydroxylation is 2. The average Bonchev–Trinajstić information content (AvgIpc) is 3.04. The molecular weight excluding hydrogens is 520 g/mol. The molecule has 3 rings (SSSR count). The second-order valence-electron chi connectivity index (χ2n) is 7.47. The van der Waals surface area contributed by atoms with E-state index in [1.165, 1.54) is 0 Å². The zero-order chi connectivity index (χ0) is 24.8. The number of nitrogens with one attached hydrogen (secondary N) is 1. The van der Waals surface area contributed by atoms with Crippen LogP contribution >= 0.6 is 27.7 Å². The van der Waals surface area contributed by atoms with Crippen molar-refractivity contribution in [3.8, 4) is 11.5 Å². The summed E-state index contributed by atoms with van der Waals surface area (Å²) in [6.07, 6.45) is 3.22. The number of nitrogens with zero attached hydrogens (tertiary/aromatic N) is 1. The molecule has 0 aromatic heterocycles. The molecule has 178 valence electrons. The lowest BCUT2D eigenvalue weighted by atomic mass is 10.1. The molecule has 0 saturated carbocycles. The molecule has 1 heterocycles. The molecule has 1 saturated heterocycles. The van der Waals surface area contributed by atoms with Gasteiger partial charge in [-0.3, -0.25) is 19.3 Å². The van der Waals surface area contributed by atoms with Gasteiger partial charge in [-0.2, -0.15) is 0 Å². The van der Waals surface area contributed by atoms with Crippen LogP contribution in [0, 0.1) is 13.8 Å². The predicted molar refractivity (Wildman–Crippen MR) is 138 cm³/mol. The van der Waals surface area contributed by atoms with E-state index in [9.17, 15) is 14.4 Å². The van der Waals surface area contributed by atoms with Crippen LogP contribution in [-0.4, -0.2) is 41.7 Å². The molecule has 7 nitrogen and oxygen atoms in total. The third-order valence-corrected chi connectivity index (χ3v) is 6.57. The number of imide groups is 1. The molecule has 0 radical (unpaired) electrons. The number of ether oxygens (including phenoxy) is 2. The number of anilines is 1. The van der Waals surface area contributed by atoms with E-state index in [4.69, 9.17) is 9.47 Å². The number of thioether (sulfide) groups is 1. The number of halogens is 1. The van der Waals surface area contributed by atoms with Gasteiger partial charge in [-0.1, -0.05) is 34.7 Å². The van der Waals surface area contributed by atoms with Crippen LogP contribution in [0.5, 0.6) is 11.5 Å². The first-order valence-corrected chi connectivity index (χ1v) is 12.2. The summed E-state index contributed by atoms with van der Waals surface area (Å²) in [6, 6.07) is 8.99. The van der Waals surface area contributed by atoms with Crippen molar-refractivity contribution in [2.75, 3.05) is 25.1 Å². The number of carbonyl (C=O) groups is 3. The number of carbonyl (C=O) groups excluding carboxylic acids is 3. The summed E-state index contributed by atoms with van der Waals surface area (Å²) in [5, 5.41) is 2.24. The Bertz CT molecular complexity index is 1180. The second kappa shape index (κ2) is 11.4. The lowest BCUT2D eigenvalue weighted by molar-refractivity contribution is -0.127. The highest BCUT2D eigenvalue weighted by Gasteiger charge is 2.36. The summed E-state index contributed by atoms with van der Waals surface area (Å²) < 4.78 is 12.0. The Morgan fingerprint density at radius 2 is 1.88 bits per heavy atom. The van der Waals surface area contributed by atoms with Crippen molar-refractivity contribution in [1.29, 1.82) is 0 Å². The van der Waals surface area contributed by atoms with Gasteiger partial charge in [0.15, 0.2) is 11.5 Å². The van der Waals surface area contributed by atoms with Gasteiger partial charge in [-0.15, -0.1) is 0 Å². The normalized spacial score (nSPS) is 14.5. The van der Waals surface area contributed by atoms with Crippen molar-refractivity contribution in [1.82, 2.24) is 4.90 Å². The second-order valence-corrected chi connectivity index (χ2v) is 9.32. The molecule has 9 heteroatoms. The Hall–Kier alpha value is -3.04. The molecule has 0 bridgehead atoms. The quantitative estimate of drug-likeness (QED) is 0.321. The standard InChI is InChI=1S/C25H25BrN2O5S/c1-5-9-33-21-13-19(26)17(11-20(21)32-6-2)12-22-24(30)28(25(31)34-22)14-23(29)27-18-8-7-15(3)16(4)10-18/h5,7-8,10-13H,1,6,9,14H2,2-4H3,(H,27,29)/b22-12+. The molecular formula is C25H25BrN2O5S. The van der Waals surface area contributed by atoms with Gasteiger partial charge in [0.05, 0.1) is 11.5 Å². The fraction of sp³-hybridized carbons (Fsp3) is 0.240. The van der Waals surface area contributed by atoms with Crippen LogP contribution < -0.4 is 14.8 Å². The minimum Gasteiger partial charge on any atom is -0.490 e. The highest BCUT2D eigenvalue weighted by atomic mass is 79.9. The van der Waals surface area contributed by atoms with Gasteiger partial charge in [0.1, 0.15) is 13.2 Å². The smallest absolute Gasteiger partial charge is 0.294 e. The summed E-state index contributed by atoms with van der Waals surface area (Å²) in [5.74, 6) is 0.0603. The van der Waals surface area contributed by atoms with Gasteiger partial charge in [0, 0.05) is 10.2 Å². The molecule has 3 amide bonds. The van der Waals surface area contributed by atoms with Crippen LogP contribution in [0.25, 0.3) is 6.08 Å². The van der Waals surface area contributed by atoms with Crippen LogP contribution in [0.2, 0.25) is 0 Å². The molecule has 34 heavy (non-hydrogen) atoms. The van der Waals surface area contributed by atoms with Crippen molar-refractivity contribution in [3.05, 3.63) is 69.1 Å². The van der Waals surface area contributed by atoms with E-state index in [-0.39, 0.29) is 11.4 Å². The molecule has 0 unspecified atom stereocenters. The Morgan fingerprint density at radius 1 is 1.15 bits per heavy atom. The maximum absolute atomic E-state index is 12.9. The van der Waals surface area contributed by atoms with Gasteiger partial charge in [-0.25, -0.2) is 0 Å². The lowest BCUT2D eigenvalue weighted by Crippen LogP contribution is -2.36. The zero-order valence-corrected chi connectivity index (χ0v) is 21.5. The molecule has 1 fully saturated rings. The van der Waals surface area contributed by atoms with Gasteiger partial charge in [0.25, 0.3) is 11.1 Å². The van der Waals surface area contributed by atoms with Crippen molar-refractivity contribution in [2.45, 2.75) is 20.8 Å². The van der Waals surface area contributed by atoms with Crippen molar-refractivity contribution in [3.63, 3.8) is 0 Å². The number of hydrogen-bond donors (Lipinski definition) is 1. The monoisotopic (exact) mass is 544 g/mol. The van der Waals surface area contributed by atoms with Crippen molar-refractivity contribution < 1.29 is 23.9 Å². The van der Waals surface area contributed by atoms with E-state index in [1.54, 1.807) is 30.4 Å². The molecule has 0 aliphatic carbocycles. The fourth-order valence-electron chi connectivity index (χ4n) is 3.13. The molecule has 1 aliphatic heterocycles. The van der Waals surface area contributed by atoms with Gasteiger partial charge in [0.2, 0.25) is 5.91 Å². The lowest BCUT2D eigenvalue weighted by Gasteiger charge is -2.14. The minimum absolute atomic E-state index is 0.215. The third kappa shape index (κ3) is 6.09. The van der Waals surface area contributed by atoms with Crippen LogP contribution in [0.4, 0.5) is 10.5 Å². The van der Waals surface area contributed by atoms with E-state index in [1.807, 2.05) is 32.9 Å². The number of hydrogen-bond acceptors (Lipinski definition) is 6. The van der Waals surface area contributed by atoms with E-state index < -0.39 is 17.1 Å². The highest BCUT2D eigenvalue weighted by Crippen LogP contribution is 2.38. The Morgan fingerprint density at radius 3 is 2.56 bits per heavy atom. The van der Waals surface area contributed by atoms with Crippen LogP contribution in [0.1, 0.15) is 23.6 Å². The summed E-state index contributed by atoms with van der Waals surface area (Å²) in [5.41, 5.74) is 3.39. The molecule has 0 atom stereocenters. The maximum atomic E-state index is 12.9. The first-order valence-electron chi connectivity index (χ1n) is 10.6. The Kier molecular flexibility index (Phi) is 8.57. The van der Waals surface area contributed by atoms with Gasteiger partial charge < -0.3 is 14.8 Å². The Balaban J connectivity index is 1.77. The predicted octanol–water partition coefficient (Wildman–Crippen LogP) is 5.70. The number of rotatable bonds is 9. The maximum Gasteiger partial charge on any atom is 0.294 e. The molecule has 1 aliphatic rings. The molecule has 2 aromatic carbocycles. The zero-order valence-electron chi connectivity index (χ0n) is 19.1. The minimum atomic E-state index is -0.526. The fourth-order valence-corrected chi connectivity index (χ4v) is 4.40. The van der Waals surface area contributed by atoms with Crippen LogP contribution in [-0.2, 0) is 9.59 Å². The number of benzene rings is 2. The van der Waals surface area contributed by atoms with Crippen LogP contribution in [0.3, 0.4) is 0 Å². The van der Waals surface area contributed by atoms with Gasteiger partial charge >= 0.3 is 0 Å². The number of amides is 3. The van der Waals surface area contributed by atoms with Gasteiger partial charge in [-0.05, 0) is 79.6 Å². The average molecular weight is 545 g/mol. The third-order valence-electron chi connectivity index (χ3n) is 4.97. The van der Waals surface area contributed by atoms with E-state index in [0.29, 0.717) is 40.4 Å². The summed E-state index contributed by atoms with van der Waals surface area (Å²) >= 11 is 4.27. The Labute approximate surface area is 211 Å². The first-order chi connectivity index (χ1) is 16.2. The molecule has 1 N–H and O–H groups in total. The molecule has 0 spiro atoms. The summed E-state index contributed by atoms with van der Waals surface area (Å²) in [4.78, 5) is 39.0.